The molecule has 0 heterocycles. The van der Waals surface area contributed by atoms with E-state index >= 15 is 0 Å². The summed E-state index contributed by atoms with van der Waals surface area (Å²) in [5, 5.41) is 37.9. The largest absolute Gasteiger partial charge is 0.497 e. The maximum Gasteiger partial charge on any atom is 0.271 e. The van der Waals surface area contributed by atoms with E-state index in [0.717, 1.165) is 87.2 Å². The molecule has 0 radical (unpaired) electrons. The van der Waals surface area contributed by atoms with Gasteiger partial charge >= 0.3 is 0 Å². The Morgan fingerprint density at radius 2 is 0.366 bits per heavy atom. The molecule has 21 nitrogen and oxygen atoms in total. The molecule has 0 aliphatic heterocycles. The summed E-state index contributed by atoms with van der Waals surface area (Å²) in [4.78, 5) is 71.8. The van der Waals surface area contributed by atoms with E-state index in [1.807, 2.05) is 237 Å². The van der Waals surface area contributed by atoms with Crippen molar-refractivity contribution in [3.8, 4) is 17.2 Å². The van der Waals surface area contributed by atoms with Crippen molar-refractivity contribution in [2.24, 2.45) is 30.6 Å². The summed E-state index contributed by atoms with van der Waals surface area (Å²) in [6.07, 6.45) is 10.0. The van der Waals surface area contributed by atoms with Crippen molar-refractivity contribution in [2.75, 3.05) is 21.3 Å². The summed E-state index contributed by atoms with van der Waals surface area (Å²) in [6, 6.07) is 128. The molecular formula is C113H94N12O9. The van der Waals surface area contributed by atoms with Crippen molar-refractivity contribution < 1.29 is 43.0 Å². The van der Waals surface area contributed by atoms with Gasteiger partial charge in [-0.05, 0) is 199 Å². The highest BCUT2D eigenvalue weighted by Gasteiger charge is 2.12. The Kier molecular flexibility index (Phi) is 33.9. The van der Waals surface area contributed by atoms with Gasteiger partial charge in [0.2, 0.25) is 0 Å². The summed E-state index contributed by atoms with van der Waals surface area (Å²) in [5.74, 6) is 0.703. The molecule has 0 bridgehead atoms. The van der Waals surface area contributed by atoms with Crippen LogP contribution in [0.5, 0.6) is 17.2 Å². The molecule has 660 valence electrons. The summed E-state index contributed by atoms with van der Waals surface area (Å²) >= 11 is 0. The number of carbonyl (C=O) groups is 6. The number of nitrogens with zero attached hydrogens (tertiary/aromatic N) is 6. The van der Waals surface area contributed by atoms with Crippen molar-refractivity contribution in [3.63, 3.8) is 0 Å². The minimum absolute atomic E-state index is 0.215. The number of hydrazone groups is 6. The van der Waals surface area contributed by atoms with Gasteiger partial charge < -0.3 is 14.2 Å². The van der Waals surface area contributed by atoms with Gasteiger partial charge in [0.25, 0.3) is 35.4 Å². The quantitative estimate of drug-likeness (QED) is 0.0294. The fraction of sp³-hybridized carbons (Fsp3) is 0.0442. The molecule has 0 aliphatic rings. The minimum atomic E-state index is -0.260. The third-order valence-electron chi connectivity index (χ3n) is 21.0. The molecule has 18 rings (SSSR count). The van der Waals surface area contributed by atoms with Gasteiger partial charge in [0, 0.05) is 66.8 Å². The zero-order valence-electron chi connectivity index (χ0n) is 74.0. The third kappa shape index (κ3) is 26.5. The highest BCUT2D eigenvalue weighted by Crippen LogP contribution is 2.26. The van der Waals surface area contributed by atoms with Crippen LogP contribution in [-0.2, 0) is 0 Å². The molecule has 0 unspecified atom stereocenters. The van der Waals surface area contributed by atoms with Crippen molar-refractivity contribution in [3.05, 3.63) is 484 Å². The van der Waals surface area contributed by atoms with Crippen LogP contribution in [0.2, 0.25) is 0 Å². The molecular weight excluding hydrogens is 1670 g/mol. The average molecular weight is 1760 g/mol. The summed E-state index contributed by atoms with van der Waals surface area (Å²) < 4.78 is 15.2. The number of hydrogen-bond acceptors (Lipinski definition) is 15. The zero-order chi connectivity index (χ0) is 93.4. The number of amides is 6. The minimum Gasteiger partial charge on any atom is -0.497 e. The van der Waals surface area contributed by atoms with Gasteiger partial charge in [0.1, 0.15) is 17.2 Å². The first-order chi connectivity index (χ1) is 65.7. The first-order valence-electron chi connectivity index (χ1n) is 42.6. The van der Waals surface area contributed by atoms with Crippen LogP contribution in [0.15, 0.2) is 437 Å². The van der Waals surface area contributed by atoms with Gasteiger partial charge in [0.15, 0.2) is 0 Å². The Morgan fingerprint density at radius 1 is 0.187 bits per heavy atom. The number of carbonyl (C=O) groups excluding carboxylic acids is 6. The Morgan fingerprint density at radius 3 is 0.590 bits per heavy atom. The van der Waals surface area contributed by atoms with Gasteiger partial charge in [-0.3, -0.25) is 28.8 Å². The van der Waals surface area contributed by atoms with Gasteiger partial charge in [-0.1, -0.05) is 297 Å². The average Bonchev–Trinajstić information content (AvgIpc) is 0.833. The third-order valence-corrected chi connectivity index (χ3v) is 21.0. The van der Waals surface area contributed by atoms with Crippen LogP contribution in [0, 0.1) is 13.8 Å². The van der Waals surface area contributed by atoms with E-state index in [9.17, 15) is 28.8 Å². The van der Waals surface area contributed by atoms with Gasteiger partial charge in [-0.25, -0.2) is 32.6 Å². The first kappa shape index (κ1) is 93.4. The lowest BCUT2D eigenvalue weighted by Crippen LogP contribution is -2.17. The van der Waals surface area contributed by atoms with Crippen LogP contribution in [0.1, 0.15) is 107 Å². The van der Waals surface area contributed by atoms with E-state index < -0.39 is 0 Å². The molecule has 18 aromatic rings. The second-order valence-corrected chi connectivity index (χ2v) is 29.8. The highest BCUT2D eigenvalue weighted by molar-refractivity contribution is 6.07. The van der Waals surface area contributed by atoms with Crippen LogP contribution in [0.3, 0.4) is 0 Å². The standard InChI is InChI=1S/C20H18N2O2.2C19H16N2O2.C19H16N2O.2C18H14N2O/c1-14-7-8-16(19-6-4-3-5-18(14)19)13-21-22-20(23)15-9-11-17(24-2)12-10-15;2*1-23-17-11-9-15(10-12-17)19(22)21-20-13-16-7-4-6-14-5-2-3-8-18(14)16;1-14-11-12-16(18-10-6-5-9-17(14)18)13-20-21-19(22)15-7-3-2-4-8-15;2*21-18(15-8-2-1-3-9-15)20-19-13-16-11-6-10-14-7-4-5-12-17(14)16/h3-13H,1-2H3,(H,22,23);2*2-13H,1H3,(H,21,22);2-13H,1H3,(H,21,22);2*1-13H,(H,20,21)/b21-13+;3*20-13+;2*19-13+. The lowest BCUT2D eigenvalue weighted by molar-refractivity contribution is 0.0947. The van der Waals surface area contributed by atoms with E-state index in [2.05, 4.69) is 138 Å². The summed E-state index contributed by atoms with van der Waals surface area (Å²) in [6.45, 7) is 4.16. The molecule has 0 fully saturated rings. The lowest BCUT2D eigenvalue weighted by Gasteiger charge is -2.05. The number of ether oxygens (including phenoxy) is 3. The summed E-state index contributed by atoms with van der Waals surface area (Å²) in [7, 11) is 4.76. The molecule has 0 saturated heterocycles. The second-order valence-electron chi connectivity index (χ2n) is 29.8. The number of aryl methyl sites for hydroxylation is 2. The molecule has 6 N–H and O–H groups in total. The maximum atomic E-state index is 12.1. The molecule has 0 saturated carbocycles. The smallest absolute Gasteiger partial charge is 0.271 e. The molecule has 134 heavy (non-hydrogen) atoms. The van der Waals surface area contributed by atoms with Gasteiger partial charge in [-0.15, -0.1) is 0 Å². The SMILES string of the molecule is COc1ccc(C(=O)N/N=C/c2ccc(C)c3ccccc23)cc1.COc1ccc(C(=O)N/N=C/c2cccc3ccccc23)cc1.COc1ccc(C(=O)N/N=C/c2cccc3ccccc23)cc1.Cc1ccc(/C=N/NC(=O)c2ccccc2)c2ccccc12.O=C(N/N=C/c1cccc2ccccc12)c1ccccc1.O=C(N/N=C/c1cccc2ccccc12)c1ccccc1. The number of rotatable bonds is 21. The van der Waals surface area contributed by atoms with Crippen molar-refractivity contribution in [1.29, 1.82) is 0 Å². The number of hydrogen-bond donors (Lipinski definition) is 6. The van der Waals surface area contributed by atoms with Crippen LogP contribution < -0.4 is 46.8 Å². The van der Waals surface area contributed by atoms with Gasteiger partial charge in [-0.2, -0.15) is 30.6 Å². The number of fused-ring (bicyclic) bond motifs is 6. The second kappa shape index (κ2) is 48.6. The fourth-order valence-electron chi connectivity index (χ4n) is 14.0. The van der Waals surface area contributed by atoms with Crippen LogP contribution in [-0.4, -0.2) is 94.1 Å². The number of methoxy groups -OCH3 is 3. The maximum absolute atomic E-state index is 12.1. The molecule has 21 heteroatoms. The first-order valence-corrected chi connectivity index (χ1v) is 42.6. The Labute approximate surface area is 775 Å². The van der Waals surface area contributed by atoms with Crippen LogP contribution in [0.4, 0.5) is 0 Å². The molecule has 6 amide bonds. The zero-order valence-corrected chi connectivity index (χ0v) is 74.0. The Bertz CT molecular complexity index is 6970. The molecule has 0 aromatic heterocycles. The van der Waals surface area contributed by atoms with E-state index in [1.165, 1.54) is 21.9 Å². The normalized spacial score (nSPS) is 10.9. The molecule has 0 aliphatic carbocycles. The molecule has 0 spiro atoms. The fourth-order valence-corrected chi connectivity index (χ4v) is 14.0. The lowest BCUT2D eigenvalue weighted by atomic mass is 10.0. The monoisotopic (exact) mass is 1760 g/mol. The van der Waals surface area contributed by atoms with E-state index in [0.29, 0.717) is 50.6 Å². The Hall–Kier alpha value is -18.2. The summed E-state index contributed by atoms with van der Waals surface area (Å²) in [5.41, 5.74) is 26.9. The number of benzene rings is 18. The number of nitrogens with one attached hydrogen (secondary N) is 6. The van der Waals surface area contributed by atoms with E-state index in [4.69, 9.17) is 14.2 Å². The van der Waals surface area contributed by atoms with Crippen molar-refractivity contribution in [1.82, 2.24) is 32.6 Å². The Balaban J connectivity index is 0.000000136. The van der Waals surface area contributed by atoms with Crippen LogP contribution in [0.25, 0.3) is 64.6 Å². The highest BCUT2D eigenvalue weighted by atomic mass is 16.5. The van der Waals surface area contributed by atoms with E-state index in [1.54, 1.807) is 168 Å². The topological polar surface area (TPSA) is 276 Å². The predicted molar refractivity (Wildman–Crippen MR) is 542 cm³/mol. The molecule has 0 atom stereocenters. The van der Waals surface area contributed by atoms with E-state index in [-0.39, 0.29) is 35.4 Å². The van der Waals surface area contributed by atoms with Crippen molar-refractivity contribution in [2.45, 2.75) is 13.8 Å². The predicted octanol–water partition coefficient (Wildman–Crippen LogP) is 22.3. The van der Waals surface area contributed by atoms with Crippen molar-refractivity contribution >= 4 is 137 Å². The van der Waals surface area contributed by atoms with Gasteiger partial charge in [0.05, 0.1) is 58.6 Å². The molecule has 18 aromatic carbocycles. The van der Waals surface area contributed by atoms with Crippen LogP contribution >= 0.6 is 0 Å².